The number of rotatable bonds is 6. The number of ether oxygens (including phenoxy) is 1. The second kappa shape index (κ2) is 7.91. The average molecular weight is 382 g/mol. The van der Waals surface area contributed by atoms with Gasteiger partial charge in [0.1, 0.15) is 17.1 Å². The molecule has 0 atom stereocenters. The van der Waals surface area contributed by atoms with E-state index in [4.69, 9.17) is 4.74 Å². The van der Waals surface area contributed by atoms with Crippen molar-refractivity contribution in [1.29, 1.82) is 0 Å². The molecule has 8 heteroatoms. The number of carbonyl (C=O) groups is 2. The second-order valence-electron chi connectivity index (χ2n) is 6.39. The summed E-state index contributed by atoms with van der Waals surface area (Å²) in [6.45, 7) is 6.71. The number of fused-ring (bicyclic) bond motifs is 1. The molecule has 2 heterocycles. The maximum absolute atomic E-state index is 12.8. The number of pyridine rings is 1. The molecule has 0 saturated heterocycles. The monoisotopic (exact) mass is 382 g/mol. The van der Waals surface area contributed by atoms with E-state index in [0.717, 1.165) is 0 Å². The molecule has 1 aromatic carbocycles. The summed E-state index contributed by atoms with van der Waals surface area (Å²) in [5.74, 6) is -1.40. The van der Waals surface area contributed by atoms with Gasteiger partial charge < -0.3 is 20.4 Å². The smallest absolute Gasteiger partial charge is 0.283 e. The Morgan fingerprint density at radius 3 is 2.75 bits per heavy atom. The summed E-state index contributed by atoms with van der Waals surface area (Å²) in [5, 5.41) is 5.82. The summed E-state index contributed by atoms with van der Waals surface area (Å²) in [7, 11) is 0. The minimum atomic E-state index is -1.08. The van der Waals surface area contributed by atoms with Gasteiger partial charge in [0, 0.05) is 29.4 Å². The SMILES string of the molecule is C=C(F)C(=O)Nc1cccc(Oc2cnc3[nH]cc(C(=O)NC(C)C)c3c2)c1. The molecule has 0 aliphatic rings. The molecule has 3 aromatic rings. The number of halogens is 1. The Kier molecular flexibility index (Phi) is 5.39. The fraction of sp³-hybridized carbons (Fsp3) is 0.150. The van der Waals surface area contributed by atoms with E-state index >= 15 is 0 Å². The Bertz CT molecular complexity index is 1060. The number of amides is 2. The molecule has 28 heavy (non-hydrogen) atoms. The zero-order valence-corrected chi connectivity index (χ0v) is 15.4. The van der Waals surface area contributed by atoms with Crippen molar-refractivity contribution in [2.75, 3.05) is 5.32 Å². The van der Waals surface area contributed by atoms with Crippen molar-refractivity contribution in [3.63, 3.8) is 0 Å². The average Bonchev–Trinajstić information content (AvgIpc) is 3.04. The molecule has 0 bridgehead atoms. The lowest BCUT2D eigenvalue weighted by molar-refractivity contribution is -0.114. The Labute approximate surface area is 160 Å². The molecule has 0 aliphatic heterocycles. The largest absolute Gasteiger partial charge is 0.456 e. The number of H-pyrrole nitrogens is 1. The molecule has 7 nitrogen and oxygen atoms in total. The number of anilines is 1. The maximum atomic E-state index is 12.8. The number of hydrogen-bond acceptors (Lipinski definition) is 4. The van der Waals surface area contributed by atoms with Crippen LogP contribution in [0.3, 0.4) is 0 Å². The van der Waals surface area contributed by atoms with Gasteiger partial charge in [0.2, 0.25) is 0 Å². The van der Waals surface area contributed by atoms with Gasteiger partial charge in [-0.1, -0.05) is 12.6 Å². The molecule has 0 unspecified atom stereocenters. The van der Waals surface area contributed by atoms with Crippen molar-refractivity contribution in [2.45, 2.75) is 19.9 Å². The Hall–Kier alpha value is -3.68. The van der Waals surface area contributed by atoms with Crippen molar-refractivity contribution in [3.8, 4) is 11.5 Å². The van der Waals surface area contributed by atoms with Gasteiger partial charge in [-0.15, -0.1) is 0 Å². The van der Waals surface area contributed by atoms with Crippen LogP contribution in [0.15, 0.2) is 55.1 Å². The Morgan fingerprint density at radius 1 is 1.25 bits per heavy atom. The predicted octanol–water partition coefficient (Wildman–Crippen LogP) is 3.92. The minimum Gasteiger partial charge on any atom is -0.456 e. The quantitative estimate of drug-likeness (QED) is 0.563. The highest BCUT2D eigenvalue weighted by atomic mass is 19.1. The van der Waals surface area contributed by atoms with E-state index in [1.165, 1.54) is 12.3 Å². The molecule has 144 valence electrons. The van der Waals surface area contributed by atoms with Gasteiger partial charge in [-0.3, -0.25) is 9.59 Å². The van der Waals surface area contributed by atoms with Gasteiger partial charge in [0.15, 0.2) is 5.83 Å². The third-order valence-corrected chi connectivity index (χ3v) is 3.74. The van der Waals surface area contributed by atoms with E-state index < -0.39 is 11.7 Å². The second-order valence-corrected chi connectivity index (χ2v) is 6.39. The first-order chi connectivity index (χ1) is 13.3. The van der Waals surface area contributed by atoms with E-state index in [1.54, 1.807) is 30.5 Å². The summed E-state index contributed by atoms with van der Waals surface area (Å²) in [6.07, 6.45) is 3.11. The lowest BCUT2D eigenvalue weighted by Gasteiger charge is -2.09. The Balaban J connectivity index is 1.84. The van der Waals surface area contributed by atoms with Crippen LogP contribution in [0.5, 0.6) is 11.5 Å². The van der Waals surface area contributed by atoms with Crippen molar-refractivity contribution < 1.29 is 18.7 Å². The van der Waals surface area contributed by atoms with E-state index in [9.17, 15) is 14.0 Å². The van der Waals surface area contributed by atoms with Crippen LogP contribution < -0.4 is 15.4 Å². The third kappa shape index (κ3) is 4.35. The predicted molar refractivity (Wildman–Crippen MR) is 104 cm³/mol. The number of hydrogen-bond donors (Lipinski definition) is 3. The van der Waals surface area contributed by atoms with Crippen molar-refractivity contribution in [2.24, 2.45) is 0 Å². The number of aromatic nitrogens is 2. The molecular weight excluding hydrogens is 363 g/mol. The van der Waals surface area contributed by atoms with E-state index in [2.05, 4.69) is 27.2 Å². The zero-order chi connectivity index (χ0) is 20.3. The molecule has 3 rings (SSSR count). The number of aromatic amines is 1. The highest BCUT2D eigenvalue weighted by Crippen LogP contribution is 2.27. The van der Waals surface area contributed by atoms with Crippen LogP contribution in [0, 0.1) is 0 Å². The molecule has 2 amide bonds. The summed E-state index contributed by atoms with van der Waals surface area (Å²) >= 11 is 0. The van der Waals surface area contributed by atoms with Gasteiger partial charge in [-0.2, -0.15) is 0 Å². The molecule has 0 aliphatic carbocycles. The number of carbonyl (C=O) groups excluding carboxylic acids is 2. The number of nitrogens with zero attached hydrogens (tertiary/aromatic N) is 1. The molecular formula is C20H19FN4O3. The third-order valence-electron chi connectivity index (χ3n) is 3.74. The lowest BCUT2D eigenvalue weighted by atomic mass is 10.2. The maximum Gasteiger partial charge on any atom is 0.283 e. The van der Waals surface area contributed by atoms with Gasteiger partial charge >= 0.3 is 0 Å². The summed E-state index contributed by atoms with van der Waals surface area (Å²) in [5.41, 5.74) is 1.38. The molecule has 0 fully saturated rings. The Morgan fingerprint density at radius 2 is 2.04 bits per heavy atom. The summed E-state index contributed by atoms with van der Waals surface area (Å²) < 4.78 is 18.6. The standard InChI is InChI=1S/C20H19FN4O3/c1-11(2)24-20(27)17-10-23-18-16(17)8-15(9-22-18)28-14-6-4-5-13(7-14)25-19(26)12(3)21/h4-11H,3H2,1-2H3,(H,22,23)(H,24,27)(H,25,26). The van der Waals surface area contributed by atoms with E-state index in [-0.39, 0.29) is 11.9 Å². The minimum absolute atomic E-state index is 0.00296. The van der Waals surface area contributed by atoms with Crippen LogP contribution in [-0.4, -0.2) is 27.8 Å². The first-order valence-electron chi connectivity index (χ1n) is 8.55. The first kappa shape index (κ1) is 19.1. The van der Waals surface area contributed by atoms with Crippen molar-refractivity contribution in [1.82, 2.24) is 15.3 Å². The van der Waals surface area contributed by atoms with Crippen LogP contribution in [0.25, 0.3) is 11.0 Å². The zero-order valence-electron chi connectivity index (χ0n) is 15.4. The normalized spacial score (nSPS) is 10.7. The van der Waals surface area contributed by atoms with Crippen LogP contribution in [0.4, 0.5) is 10.1 Å². The molecule has 2 aromatic heterocycles. The summed E-state index contributed by atoms with van der Waals surface area (Å²) in [6, 6.07) is 8.15. The first-order valence-corrected chi connectivity index (χ1v) is 8.55. The van der Waals surface area contributed by atoms with Crippen molar-refractivity contribution >= 4 is 28.5 Å². The lowest BCUT2D eigenvalue weighted by Crippen LogP contribution is -2.29. The van der Waals surface area contributed by atoms with Gasteiger partial charge in [-0.25, -0.2) is 9.37 Å². The van der Waals surface area contributed by atoms with E-state index in [0.29, 0.717) is 33.8 Å². The van der Waals surface area contributed by atoms with Crippen LogP contribution in [0.1, 0.15) is 24.2 Å². The molecule has 0 radical (unpaired) electrons. The van der Waals surface area contributed by atoms with Crippen molar-refractivity contribution in [3.05, 3.63) is 60.7 Å². The van der Waals surface area contributed by atoms with Crippen LogP contribution in [0.2, 0.25) is 0 Å². The highest BCUT2D eigenvalue weighted by molar-refractivity contribution is 6.06. The molecule has 0 saturated carbocycles. The topological polar surface area (TPSA) is 96.1 Å². The fourth-order valence-electron chi connectivity index (χ4n) is 2.54. The summed E-state index contributed by atoms with van der Waals surface area (Å²) in [4.78, 5) is 30.9. The fourth-order valence-corrected chi connectivity index (χ4v) is 2.54. The van der Waals surface area contributed by atoms with Gasteiger partial charge in [0.05, 0.1) is 11.8 Å². The molecule has 0 spiro atoms. The van der Waals surface area contributed by atoms with Gasteiger partial charge in [0.25, 0.3) is 11.8 Å². The van der Waals surface area contributed by atoms with Crippen LogP contribution >= 0.6 is 0 Å². The van der Waals surface area contributed by atoms with Gasteiger partial charge in [-0.05, 0) is 32.0 Å². The highest BCUT2D eigenvalue weighted by Gasteiger charge is 2.15. The number of benzene rings is 1. The van der Waals surface area contributed by atoms with E-state index in [1.807, 2.05) is 13.8 Å². The van der Waals surface area contributed by atoms with Crippen LogP contribution in [-0.2, 0) is 4.79 Å². The molecule has 3 N–H and O–H groups in total. The number of nitrogens with one attached hydrogen (secondary N) is 3.